The molecule has 5 heteroatoms. The third-order valence-corrected chi connectivity index (χ3v) is 3.69. The molecule has 0 aliphatic heterocycles. The van der Waals surface area contributed by atoms with E-state index in [0.717, 1.165) is 10.9 Å². The van der Waals surface area contributed by atoms with Crippen molar-refractivity contribution < 1.29 is 18.3 Å². The fraction of sp³-hybridized carbons (Fsp3) is 0.111. The van der Waals surface area contributed by atoms with Crippen molar-refractivity contribution in [2.75, 3.05) is 14.2 Å². The second-order valence-electron chi connectivity index (χ2n) is 4.98. The molecule has 0 saturated heterocycles. The third-order valence-electron chi connectivity index (χ3n) is 3.69. The molecule has 0 aliphatic carbocycles. The minimum absolute atomic E-state index is 0.139. The molecule has 118 valence electrons. The normalized spacial score (nSPS) is 10.6. The predicted octanol–water partition coefficient (Wildman–Crippen LogP) is 4.84. The van der Waals surface area contributed by atoms with Crippen LogP contribution in [0.15, 0.2) is 54.7 Å². The molecule has 0 aliphatic rings. The highest BCUT2D eigenvalue weighted by Crippen LogP contribution is 2.36. The lowest BCUT2D eigenvalue weighted by molar-refractivity contribution is 0.394. The first-order valence-corrected chi connectivity index (χ1v) is 6.99. The Bertz CT molecular complexity index is 857. The lowest BCUT2D eigenvalue weighted by Crippen LogP contribution is -1.93. The zero-order valence-corrected chi connectivity index (χ0v) is 12.7. The number of aromatic nitrogens is 1. The second kappa shape index (κ2) is 6.12. The summed E-state index contributed by atoms with van der Waals surface area (Å²) in [4.78, 5) is 3.02. The van der Waals surface area contributed by atoms with Gasteiger partial charge in [0, 0.05) is 28.7 Å². The first kappa shape index (κ1) is 15.1. The van der Waals surface area contributed by atoms with Crippen molar-refractivity contribution in [2.45, 2.75) is 0 Å². The van der Waals surface area contributed by atoms with E-state index in [-0.39, 0.29) is 5.57 Å². The van der Waals surface area contributed by atoms with Crippen LogP contribution < -0.4 is 9.47 Å². The minimum atomic E-state index is -1.76. The Kier molecular flexibility index (Phi) is 4.02. The molecule has 23 heavy (non-hydrogen) atoms. The first-order valence-electron chi connectivity index (χ1n) is 6.99. The van der Waals surface area contributed by atoms with E-state index in [0.29, 0.717) is 22.6 Å². The Morgan fingerprint density at radius 3 is 2.22 bits per heavy atom. The summed E-state index contributed by atoms with van der Waals surface area (Å²) < 4.78 is 37.8. The molecule has 0 bridgehead atoms. The van der Waals surface area contributed by atoms with E-state index in [1.54, 1.807) is 24.4 Å². The Morgan fingerprint density at radius 1 is 0.957 bits per heavy atom. The Morgan fingerprint density at radius 2 is 1.61 bits per heavy atom. The molecule has 0 unspecified atom stereocenters. The van der Waals surface area contributed by atoms with Crippen LogP contribution in [0.25, 0.3) is 16.5 Å². The summed E-state index contributed by atoms with van der Waals surface area (Å²) in [6.07, 6.45) is -0.171. The maximum atomic E-state index is 13.7. The van der Waals surface area contributed by atoms with Crippen molar-refractivity contribution in [1.29, 1.82) is 0 Å². The van der Waals surface area contributed by atoms with Crippen LogP contribution >= 0.6 is 0 Å². The summed E-state index contributed by atoms with van der Waals surface area (Å²) in [6, 6.07) is 12.1. The average molecular weight is 315 g/mol. The lowest BCUT2D eigenvalue weighted by atomic mass is 9.98. The molecular formula is C18H15F2NO2. The van der Waals surface area contributed by atoms with E-state index in [1.165, 1.54) is 14.2 Å². The van der Waals surface area contributed by atoms with Gasteiger partial charge in [-0.05, 0) is 23.8 Å². The van der Waals surface area contributed by atoms with Crippen molar-refractivity contribution in [3.63, 3.8) is 0 Å². The largest absolute Gasteiger partial charge is 0.497 e. The average Bonchev–Trinajstić information content (AvgIpc) is 2.98. The molecule has 0 saturated carbocycles. The molecular weight excluding hydrogens is 300 g/mol. The predicted molar refractivity (Wildman–Crippen MR) is 86.1 cm³/mol. The van der Waals surface area contributed by atoms with E-state index in [2.05, 4.69) is 4.98 Å². The Hall–Kier alpha value is -2.82. The third kappa shape index (κ3) is 2.77. The van der Waals surface area contributed by atoms with Crippen LogP contribution in [-0.4, -0.2) is 19.2 Å². The Balaban J connectivity index is 2.23. The fourth-order valence-corrected chi connectivity index (χ4v) is 2.60. The van der Waals surface area contributed by atoms with Gasteiger partial charge in [0.25, 0.3) is 6.08 Å². The number of hydrogen-bond donors (Lipinski definition) is 1. The van der Waals surface area contributed by atoms with Gasteiger partial charge in [-0.1, -0.05) is 18.2 Å². The van der Waals surface area contributed by atoms with Crippen LogP contribution in [0, 0.1) is 0 Å². The standard InChI is InChI=1S/C18H15F2NO2/c1-22-12-7-11(8-13(9-12)23-2)17(18(19)20)15-10-21-16-6-4-3-5-14(15)16/h3-10,21H,1-2H3. The summed E-state index contributed by atoms with van der Waals surface area (Å²) in [5.41, 5.74) is 1.44. The number of hydrogen-bond acceptors (Lipinski definition) is 2. The number of rotatable bonds is 4. The molecule has 1 heterocycles. The van der Waals surface area contributed by atoms with Gasteiger partial charge in [0.15, 0.2) is 0 Å². The summed E-state index contributed by atoms with van der Waals surface area (Å²) in [7, 11) is 2.97. The minimum Gasteiger partial charge on any atom is -0.497 e. The summed E-state index contributed by atoms with van der Waals surface area (Å²) in [5, 5.41) is 0.733. The molecule has 1 aromatic heterocycles. The van der Waals surface area contributed by atoms with Gasteiger partial charge in [0.1, 0.15) is 11.5 Å². The van der Waals surface area contributed by atoms with E-state index < -0.39 is 6.08 Å². The zero-order valence-electron chi connectivity index (χ0n) is 12.7. The molecule has 3 nitrogen and oxygen atoms in total. The van der Waals surface area contributed by atoms with Crippen molar-refractivity contribution >= 4 is 16.5 Å². The van der Waals surface area contributed by atoms with Crippen molar-refractivity contribution in [1.82, 2.24) is 4.98 Å². The second-order valence-corrected chi connectivity index (χ2v) is 4.98. The van der Waals surface area contributed by atoms with Crippen LogP contribution in [0.2, 0.25) is 0 Å². The number of fused-ring (bicyclic) bond motifs is 1. The zero-order chi connectivity index (χ0) is 16.4. The van der Waals surface area contributed by atoms with Gasteiger partial charge < -0.3 is 14.5 Å². The number of benzene rings is 2. The summed E-state index contributed by atoms with van der Waals surface area (Å²) >= 11 is 0. The number of ether oxygens (including phenoxy) is 2. The van der Waals surface area contributed by atoms with Crippen molar-refractivity contribution in [3.05, 3.63) is 65.9 Å². The number of methoxy groups -OCH3 is 2. The highest BCUT2D eigenvalue weighted by atomic mass is 19.3. The highest BCUT2D eigenvalue weighted by molar-refractivity contribution is 5.97. The van der Waals surface area contributed by atoms with Gasteiger partial charge in [-0.2, -0.15) is 8.78 Å². The summed E-state index contributed by atoms with van der Waals surface area (Å²) in [6.45, 7) is 0. The van der Waals surface area contributed by atoms with Gasteiger partial charge in [0.2, 0.25) is 0 Å². The number of H-pyrrole nitrogens is 1. The number of halogens is 2. The number of aromatic amines is 1. The molecule has 2 aromatic carbocycles. The van der Waals surface area contributed by atoms with Crippen molar-refractivity contribution in [3.8, 4) is 11.5 Å². The smallest absolute Gasteiger partial charge is 0.278 e. The monoisotopic (exact) mass is 315 g/mol. The number of para-hydroxylation sites is 1. The van der Waals surface area contributed by atoms with Crippen LogP contribution in [0.3, 0.4) is 0 Å². The molecule has 3 rings (SSSR count). The summed E-state index contributed by atoms with van der Waals surface area (Å²) in [5.74, 6) is 0.913. The molecule has 0 spiro atoms. The lowest BCUT2D eigenvalue weighted by Gasteiger charge is -2.11. The van der Waals surface area contributed by atoms with E-state index in [4.69, 9.17) is 9.47 Å². The SMILES string of the molecule is COc1cc(OC)cc(C(=C(F)F)c2c[nH]c3ccccc23)c1. The molecule has 0 atom stereocenters. The Labute approximate surface area is 132 Å². The van der Waals surface area contributed by atoms with Gasteiger partial charge in [-0.15, -0.1) is 0 Å². The molecule has 0 fully saturated rings. The van der Waals surface area contributed by atoms with Crippen LogP contribution in [0.5, 0.6) is 11.5 Å². The highest BCUT2D eigenvalue weighted by Gasteiger charge is 2.18. The van der Waals surface area contributed by atoms with Crippen LogP contribution in [-0.2, 0) is 0 Å². The van der Waals surface area contributed by atoms with Gasteiger partial charge in [-0.3, -0.25) is 0 Å². The van der Waals surface area contributed by atoms with E-state index >= 15 is 0 Å². The van der Waals surface area contributed by atoms with Crippen molar-refractivity contribution in [2.24, 2.45) is 0 Å². The van der Waals surface area contributed by atoms with Crippen LogP contribution in [0.1, 0.15) is 11.1 Å². The van der Waals surface area contributed by atoms with Gasteiger partial charge >= 0.3 is 0 Å². The number of nitrogens with one attached hydrogen (secondary N) is 1. The molecule has 0 radical (unpaired) electrons. The van der Waals surface area contributed by atoms with E-state index in [9.17, 15) is 8.78 Å². The molecule has 3 aromatic rings. The quantitative estimate of drug-likeness (QED) is 0.747. The van der Waals surface area contributed by atoms with E-state index in [1.807, 2.05) is 24.3 Å². The molecule has 1 N–H and O–H groups in total. The topological polar surface area (TPSA) is 34.2 Å². The maximum absolute atomic E-state index is 13.7. The molecule has 0 amide bonds. The van der Waals surface area contributed by atoms with Crippen LogP contribution in [0.4, 0.5) is 8.78 Å². The first-order chi connectivity index (χ1) is 11.1. The van der Waals surface area contributed by atoms with Gasteiger partial charge in [0.05, 0.1) is 19.8 Å². The fourth-order valence-electron chi connectivity index (χ4n) is 2.60. The maximum Gasteiger partial charge on any atom is 0.278 e. The van der Waals surface area contributed by atoms with Gasteiger partial charge in [-0.25, -0.2) is 0 Å².